The average Bonchev–Trinajstić information content (AvgIpc) is 2.86. The number of sulfonamides is 1. The molecule has 1 heterocycles. The average molecular weight is 407 g/mol. The van der Waals surface area contributed by atoms with E-state index in [9.17, 15) is 13.2 Å². The van der Waals surface area contributed by atoms with Gasteiger partial charge in [-0.3, -0.25) is 9.48 Å². The zero-order valence-electron chi connectivity index (χ0n) is 17.4. The lowest BCUT2D eigenvalue weighted by atomic mass is 10.1. The quantitative estimate of drug-likeness (QED) is 0.764. The molecule has 0 spiro atoms. The fourth-order valence-electron chi connectivity index (χ4n) is 3.17. The molecule has 2 N–H and O–H groups in total. The SMILES string of the molecule is Cc1nn(CC(C)C)c(C)c1CC(=O)N(C)[C@H](C)c1ccc(S(N)(=O)=O)cc1. The maximum atomic E-state index is 12.9. The minimum absolute atomic E-state index is 0.0154. The predicted octanol–water partition coefficient (Wildman–Crippen LogP) is 2.57. The van der Waals surface area contributed by atoms with Gasteiger partial charge in [-0.25, -0.2) is 13.6 Å². The van der Waals surface area contributed by atoms with Crippen molar-refractivity contribution in [2.24, 2.45) is 11.1 Å². The monoisotopic (exact) mass is 406 g/mol. The topological polar surface area (TPSA) is 98.3 Å². The van der Waals surface area contributed by atoms with Gasteiger partial charge in [0.1, 0.15) is 0 Å². The lowest BCUT2D eigenvalue weighted by molar-refractivity contribution is -0.131. The summed E-state index contributed by atoms with van der Waals surface area (Å²) in [5, 5.41) is 9.71. The zero-order chi connectivity index (χ0) is 21.2. The van der Waals surface area contributed by atoms with Crippen LogP contribution >= 0.6 is 0 Å². The van der Waals surface area contributed by atoms with E-state index >= 15 is 0 Å². The third-order valence-corrected chi connectivity index (χ3v) is 5.99. The molecule has 28 heavy (non-hydrogen) atoms. The molecule has 0 unspecified atom stereocenters. The summed E-state index contributed by atoms with van der Waals surface area (Å²) in [6, 6.07) is 6.10. The minimum Gasteiger partial charge on any atom is -0.339 e. The standard InChI is InChI=1S/C20H30N4O3S/c1-13(2)12-24-16(5)19(14(3)22-24)11-20(25)23(6)15(4)17-7-9-18(10-8-17)28(21,26)27/h7-10,13,15H,11-12H2,1-6H3,(H2,21,26,27)/t15-/m1/s1. The number of likely N-dealkylation sites (N-methyl/N-ethyl adjacent to an activating group) is 1. The van der Waals surface area contributed by atoms with Crippen molar-refractivity contribution in [2.45, 2.75) is 58.5 Å². The van der Waals surface area contributed by atoms with E-state index < -0.39 is 10.0 Å². The van der Waals surface area contributed by atoms with Crippen LogP contribution in [0.1, 0.15) is 49.3 Å². The molecule has 0 aliphatic carbocycles. The molecule has 1 atom stereocenters. The number of benzene rings is 1. The molecule has 1 amide bonds. The number of carbonyl (C=O) groups excluding carboxylic acids is 1. The first-order chi connectivity index (χ1) is 12.9. The Morgan fingerprint density at radius 3 is 2.25 bits per heavy atom. The highest BCUT2D eigenvalue weighted by molar-refractivity contribution is 7.89. The second-order valence-corrected chi connectivity index (χ2v) is 9.26. The summed E-state index contributed by atoms with van der Waals surface area (Å²) < 4.78 is 24.8. The number of carbonyl (C=O) groups is 1. The zero-order valence-corrected chi connectivity index (χ0v) is 18.2. The van der Waals surface area contributed by atoms with Gasteiger partial charge in [-0.15, -0.1) is 0 Å². The summed E-state index contributed by atoms with van der Waals surface area (Å²) in [7, 11) is -1.97. The lowest BCUT2D eigenvalue weighted by Gasteiger charge is -2.25. The molecule has 2 rings (SSSR count). The Hall–Kier alpha value is -2.19. The Balaban J connectivity index is 2.15. The van der Waals surface area contributed by atoms with Crippen LogP contribution in [0.2, 0.25) is 0 Å². The highest BCUT2D eigenvalue weighted by Crippen LogP contribution is 2.23. The van der Waals surface area contributed by atoms with Gasteiger partial charge in [0.05, 0.1) is 23.1 Å². The number of hydrogen-bond acceptors (Lipinski definition) is 4. The summed E-state index contributed by atoms with van der Waals surface area (Å²) in [5.74, 6) is 0.461. The summed E-state index contributed by atoms with van der Waals surface area (Å²) in [6.45, 7) is 10.9. The van der Waals surface area contributed by atoms with E-state index in [0.29, 0.717) is 5.92 Å². The van der Waals surface area contributed by atoms with Gasteiger partial charge in [-0.2, -0.15) is 5.10 Å². The Labute approximate surface area is 167 Å². The van der Waals surface area contributed by atoms with Crippen LogP contribution in [0.4, 0.5) is 0 Å². The summed E-state index contributed by atoms with van der Waals surface area (Å²) in [4.78, 5) is 14.6. The van der Waals surface area contributed by atoms with Crippen molar-refractivity contribution in [1.29, 1.82) is 0 Å². The number of nitrogens with zero attached hydrogens (tertiary/aromatic N) is 3. The second-order valence-electron chi connectivity index (χ2n) is 7.70. The number of primary sulfonamides is 1. The first-order valence-electron chi connectivity index (χ1n) is 9.33. The maximum absolute atomic E-state index is 12.9. The van der Waals surface area contributed by atoms with Gasteiger partial charge in [-0.1, -0.05) is 26.0 Å². The van der Waals surface area contributed by atoms with E-state index in [1.165, 1.54) is 12.1 Å². The van der Waals surface area contributed by atoms with Crippen molar-refractivity contribution in [3.05, 3.63) is 46.8 Å². The van der Waals surface area contributed by atoms with Gasteiger partial charge in [0, 0.05) is 24.8 Å². The molecule has 1 aromatic carbocycles. The van der Waals surface area contributed by atoms with Crippen LogP contribution in [0.15, 0.2) is 29.2 Å². The van der Waals surface area contributed by atoms with Gasteiger partial charge in [0.2, 0.25) is 15.9 Å². The predicted molar refractivity (Wildman–Crippen MR) is 109 cm³/mol. The molecule has 8 heteroatoms. The number of hydrogen-bond donors (Lipinski definition) is 1. The number of aryl methyl sites for hydroxylation is 1. The van der Waals surface area contributed by atoms with Crippen LogP contribution in [0.25, 0.3) is 0 Å². The Bertz CT molecular complexity index is 947. The number of rotatable bonds is 7. The van der Waals surface area contributed by atoms with Gasteiger partial charge in [-0.05, 0) is 44.4 Å². The first kappa shape index (κ1) is 22.1. The third-order valence-electron chi connectivity index (χ3n) is 5.06. The molecule has 0 saturated carbocycles. The van der Waals surface area contributed by atoms with Gasteiger partial charge >= 0.3 is 0 Å². The summed E-state index contributed by atoms with van der Waals surface area (Å²) in [6.07, 6.45) is 0.284. The molecule has 0 aliphatic rings. The van der Waals surface area contributed by atoms with Crippen LogP contribution in [-0.2, 0) is 27.8 Å². The highest BCUT2D eigenvalue weighted by Gasteiger charge is 2.22. The molecule has 0 bridgehead atoms. The van der Waals surface area contributed by atoms with Gasteiger partial charge < -0.3 is 4.90 Å². The van der Waals surface area contributed by atoms with Crippen LogP contribution in [0, 0.1) is 19.8 Å². The fraction of sp³-hybridized carbons (Fsp3) is 0.500. The van der Waals surface area contributed by atoms with Crippen molar-refractivity contribution in [1.82, 2.24) is 14.7 Å². The van der Waals surface area contributed by atoms with E-state index in [1.54, 1.807) is 24.1 Å². The van der Waals surface area contributed by atoms with Gasteiger partial charge in [0.15, 0.2) is 0 Å². The van der Waals surface area contributed by atoms with Crippen molar-refractivity contribution in [3.63, 3.8) is 0 Å². The smallest absolute Gasteiger partial charge is 0.238 e. The molecule has 0 radical (unpaired) electrons. The van der Waals surface area contributed by atoms with Crippen molar-refractivity contribution < 1.29 is 13.2 Å². The second kappa shape index (κ2) is 8.45. The van der Waals surface area contributed by atoms with Gasteiger partial charge in [0.25, 0.3) is 0 Å². The molecule has 154 valence electrons. The van der Waals surface area contributed by atoms with E-state index in [-0.39, 0.29) is 23.3 Å². The molecule has 0 aliphatic heterocycles. The van der Waals surface area contributed by atoms with Crippen LogP contribution in [-0.4, -0.2) is 36.1 Å². The Kier molecular flexibility index (Phi) is 6.67. The number of nitrogens with two attached hydrogens (primary N) is 1. The molecular weight excluding hydrogens is 376 g/mol. The van der Waals surface area contributed by atoms with E-state index in [4.69, 9.17) is 5.14 Å². The Morgan fingerprint density at radius 1 is 1.18 bits per heavy atom. The summed E-state index contributed by atoms with van der Waals surface area (Å²) >= 11 is 0. The molecular formula is C20H30N4O3S. The highest BCUT2D eigenvalue weighted by atomic mass is 32.2. The number of aromatic nitrogens is 2. The minimum atomic E-state index is -3.73. The third kappa shape index (κ3) is 4.99. The molecule has 1 aromatic heterocycles. The van der Waals surface area contributed by atoms with Crippen LogP contribution < -0.4 is 5.14 Å². The normalized spacial score (nSPS) is 13.0. The number of amides is 1. The molecule has 0 fully saturated rings. The van der Waals surface area contributed by atoms with Crippen molar-refractivity contribution in [2.75, 3.05) is 7.05 Å². The largest absolute Gasteiger partial charge is 0.339 e. The summed E-state index contributed by atoms with van der Waals surface area (Å²) in [5.41, 5.74) is 3.71. The Morgan fingerprint density at radius 2 is 1.75 bits per heavy atom. The van der Waals surface area contributed by atoms with Crippen molar-refractivity contribution in [3.8, 4) is 0 Å². The van der Waals surface area contributed by atoms with E-state index in [0.717, 1.165) is 29.1 Å². The molecule has 0 saturated heterocycles. The van der Waals surface area contributed by atoms with Crippen molar-refractivity contribution >= 4 is 15.9 Å². The van der Waals surface area contributed by atoms with Crippen LogP contribution in [0.5, 0.6) is 0 Å². The first-order valence-corrected chi connectivity index (χ1v) is 10.9. The fourth-order valence-corrected chi connectivity index (χ4v) is 3.68. The maximum Gasteiger partial charge on any atom is 0.238 e. The molecule has 2 aromatic rings. The lowest BCUT2D eigenvalue weighted by Crippen LogP contribution is -2.31. The van der Waals surface area contributed by atoms with E-state index in [1.807, 2.05) is 25.5 Å². The van der Waals surface area contributed by atoms with E-state index in [2.05, 4.69) is 18.9 Å². The molecule has 7 nitrogen and oxygen atoms in total. The van der Waals surface area contributed by atoms with Crippen LogP contribution in [0.3, 0.4) is 0 Å².